The molecule has 1 aliphatic rings. The van der Waals surface area contributed by atoms with Crippen LogP contribution in [0.25, 0.3) is 11.1 Å². The molecular formula is C17H19N5O2S. The molecule has 0 spiro atoms. The highest BCUT2D eigenvalue weighted by molar-refractivity contribution is 7.99. The van der Waals surface area contributed by atoms with E-state index < -0.39 is 0 Å². The Kier molecular flexibility index (Phi) is 4.44. The van der Waals surface area contributed by atoms with Gasteiger partial charge in [-0.15, -0.1) is 10.2 Å². The van der Waals surface area contributed by atoms with Gasteiger partial charge in [-0.1, -0.05) is 23.9 Å². The Morgan fingerprint density at radius 2 is 2.28 bits per heavy atom. The van der Waals surface area contributed by atoms with E-state index in [9.17, 15) is 4.79 Å². The van der Waals surface area contributed by atoms with Crippen LogP contribution in [-0.2, 0) is 11.8 Å². The second-order valence-electron chi connectivity index (χ2n) is 6.21. The molecule has 4 rings (SSSR count). The minimum atomic E-state index is 0.119. The van der Waals surface area contributed by atoms with Gasteiger partial charge in [-0.05, 0) is 25.0 Å². The summed E-state index contributed by atoms with van der Waals surface area (Å²) in [5.74, 6) is 1.38. The van der Waals surface area contributed by atoms with Crippen LogP contribution in [0.15, 0.2) is 40.2 Å². The van der Waals surface area contributed by atoms with Gasteiger partial charge in [0.1, 0.15) is 11.8 Å². The van der Waals surface area contributed by atoms with Gasteiger partial charge in [0.2, 0.25) is 5.91 Å². The Bertz CT molecular complexity index is 857. The molecule has 1 saturated heterocycles. The number of para-hydroxylation sites is 2. The predicted molar refractivity (Wildman–Crippen MR) is 94.3 cm³/mol. The first-order valence-corrected chi connectivity index (χ1v) is 9.29. The molecule has 1 amide bonds. The first-order valence-electron chi connectivity index (χ1n) is 8.31. The van der Waals surface area contributed by atoms with E-state index in [0.717, 1.165) is 41.5 Å². The fourth-order valence-electron chi connectivity index (χ4n) is 3.09. The number of carbonyl (C=O) groups excluding carboxylic acids is 1. The van der Waals surface area contributed by atoms with Gasteiger partial charge >= 0.3 is 0 Å². The Labute approximate surface area is 149 Å². The van der Waals surface area contributed by atoms with Gasteiger partial charge in [-0.25, -0.2) is 4.98 Å². The van der Waals surface area contributed by atoms with Crippen molar-refractivity contribution < 1.29 is 9.21 Å². The molecule has 0 N–H and O–H groups in total. The molecule has 130 valence electrons. The number of fused-ring (bicyclic) bond motifs is 1. The summed E-state index contributed by atoms with van der Waals surface area (Å²) >= 11 is 1.42. The van der Waals surface area contributed by atoms with Gasteiger partial charge in [0.25, 0.3) is 0 Å². The van der Waals surface area contributed by atoms with E-state index in [4.69, 9.17) is 4.42 Å². The van der Waals surface area contributed by atoms with Gasteiger partial charge in [0, 0.05) is 20.1 Å². The molecule has 1 aromatic carbocycles. The molecule has 1 fully saturated rings. The third-order valence-electron chi connectivity index (χ3n) is 4.43. The molecule has 1 atom stereocenters. The quantitative estimate of drug-likeness (QED) is 0.668. The van der Waals surface area contributed by atoms with E-state index in [1.165, 1.54) is 11.8 Å². The van der Waals surface area contributed by atoms with Crippen LogP contribution in [0.4, 0.5) is 0 Å². The number of rotatable bonds is 4. The minimum absolute atomic E-state index is 0.119. The summed E-state index contributed by atoms with van der Waals surface area (Å²) < 4.78 is 7.71. The number of benzene rings is 1. The van der Waals surface area contributed by atoms with Crippen LogP contribution in [-0.4, -0.2) is 49.4 Å². The van der Waals surface area contributed by atoms with Crippen LogP contribution in [0.2, 0.25) is 0 Å². The summed E-state index contributed by atoms with van der Waals surface area (Å²) in [4.78, 5) is 19.1. The van der Waals surface area contributed by atoms with E-state index in [0.29, 0.717) is 12.3 Å². The second-order valence-corrected chi connectivity index (χ2v) is 7.15. The maximum atomic E-state index is 12.6. The summed E-state index contributed by atoms with van der Waals surface area (Å²) in [6.45, 7) is 1.44. The van der Waals surface area contributed by atoms with E-state index in [1.807, 2.05) is 40.8 Å². The third-order valence-corrected chi connectivity index (χ3v) is 5.45. The SMILES string of the molecule is Cn1cnnc1SCC(=O)N1CCC[C@@H](c2nc3ccccc3o2)C1. The van der Waals surface area contributed by atoms with E-state index in [-0.39, 0.29) is 11.8 Å². The smallest absolute Gasteiger partial charge is 0.233 e. The van der Waals surface area contributed by atoms with Crippen LogP contribution in [0.1, 0.15) is 24.7 Å². The van der Waals surface area contributed by atoms with Crippen molar-refractivity contribution in [1.29, 1.82) is 0 Å². The molecule has 0 aliphatic carbocycles. The predicted octanol–water partition coefficient (Wildman–Crippen LogP) is 2.45. The zero-order valence-corrected chi connectivity index (χ0v) is 14.8. The van der Waals surface area contributed by atoms with Crippen molar-refractivity contribution in [3.05, 3.63) is 36.5 Å². The summed E-state index contributed by atoms with van der Waals surface area (Å²) in [5.41, 5.74) is 1.68. The number of amides is 1. The fraction of sp³-hybridized carbons (Fsp3) is 0.412. The molecular weight excluding hydrogens is 338 g/mol. The van der Waals surface area contributed by atoms with Crippen molar-refractivity contribution in [1.82, 2.24) is 24.6 Å². The average Bonchev–Trinajstić information content (AvgIpc) is 3.25. The Balaban J connectivity index is 1.41. The molecule has 0 radical (unpaired) electrons. The van der Waals surface area contributed by atoms with Crippen molar-refractivity contribution in [2.75, 3.05) is 18.8 Å². The van der Waals surface area contributed by atoms with E-state index in [2.05, 4.69) is 15.2 Å². The summed E-state index contributed by atoms with van der Waals surface area (Å²) in [5, 5.41) is 8.58. The van der Waals surface area contributed by atoms with Crippen LogP contribution in [0.5, 0.6) is 0 Å². The summed E-state index contributed by atoms with van der Waals surface area (Å²) in [6.07, 6.45) is 3.59. The summed E-state index contributed by atoms with van der Waals surface area (Å²) in [7, 11) is 1.87. The lowest BCUT2D eigenvalue weighted by Gasteiger charge is -2.31. The summed E-state index contributed by atoms with van der Waals surface area (Å²) in [6, 6.07) is 7.77. The highest BCUT2D eigenvalue weighted by atomic mass is 32.2. The lowest BCUT2D eigenvalue weighted by molar-refractivity contribution is -0.129. The number of thioether (sulfide) groups is 1. The minimum Gasteiger partial charge on any atom is -0.440 e. The zero-order chi connectivity index (χ0) is 17.2. The average molecular weight is 357 g/mol. The van der Waals surface area contributed by atoms with E-state index >= 15 is 0 Å². The number of piperidine rings is 1. The molecule has 2 aromatic heterocycles. The monoisotopic (exact) mass is 357 g/mol. The number of aromatic nitrogens is 4. The van der Waals surface area contributed by atoms with Crippen molar-refractivity contribution >= 4 is 28.8 Å². The number of hydrogen-bond donors (Lipinski definition) is 0. The van der Waals surface area contributed by atoms with Crippen molar-refractivity contribution in [3.63, 3.8) is 0 Å². The van der Waals surface area contributed by atoms with Gasteiger partial charge in [-0.2, -0.15) is 0 Å². The molecule has 0 bridgehead atoms. The Morgan fingerprint density at radius 1 is 1.40 bits per heavy atom. The Morgan fingerprint density at radius 3 is 3.08 bits per heavy atom. The highest BCUT2D eigenvalue weighted by Crippen LogP contribution is 2.29. The zero-order valence-electron chi connectivity index (χ0n) is 14.0. The van der Waals surface area contributed by atoms with E-state index in [1.54, 1.807) is 6.33 Å². The molecule has 3 heterocycles. The van der Waals surface area contributed by atoms with Gasteiger partial charge < -0.3 is 13.9 Å². The molecule has 8 heteroatoms. The maximum absolute atomic E-state index is 12.6. The molecule has 7 nitrogen and oxygen atoms in total. The molecule has 0 saturated carbocycles. The number of oxazole rings is 1. The van der Waals surface area contributed by atoms with Gasteiger partial charge in [0.05, 0.1) is 11.7 Å². The number of aryl methyl sites for hydroxylation is 1. The van der Waals surface area contributed by atoms with Gasteiger partial charge in [-0.3, -0.25) is 4.79 Å². The van der Waals surface area contributed by atoms with Crippen LogP contribution >= 0.6 is 11.8 Å². The highest BCUT2D eigenvalue weighted by Gasteiger charge is 2.28. The first-order chi connectivity index (χ1) is 12.2. The molecule has 25 heavy (non-hydrogen) atoms. The Hall–Kier alpha value is -2.35. The number of carbonyl (C=O) groups is 1. The second kappa shape index (κ2) is 6.87. The van der Waals surface area contributed by atoms with Crippen molar-refractivity contribution in [2.24, 2.45) is 7.05 Å². The standard InChI is InChI=1S/C17H19N5O2S/c1-21-11-18-20-17(21)25-10-15(23)22-8-4-5-12(9-22)16-19-13-6-2-3-7-14(13)24-16/h2-3,6-7,11-12H,4-5,8-10H2,1H3/t12-/m1/s1. The number of hydrogen-bond acceptors (Lipinski definition) is 6. The number of nitrogens with zero attached hydrogens (tertiary/aromatic N) is 5. The normalized spacial score (nSPS) is 18.0. The molecule has 3 aromatic rings. The number of likely N-dealkylation sites (tertiary alicyclic amines) is 1. The third kappa shape index (κ3) is 3.39. The first kappa shape index (κ1) is 16.1. The maximum Gasteiger partial charge on any atom is 0.233 e. The van der Waals surface area contributed by atoms with Crippen molar-refractivity contribution in [3.8, 4) is 0 Å². The van der Waals surface area contributed by atoms with Crippen LogP contribution in [0, 0.1) is 0 Å². The van der Waals surface area contributed by atoms with Crippen LogP contribution < -0.4 is 0 Å². The lowest BCUT2D eigenvalue weighted by atomic mass is 9.98. The van der Waals surface area contributed by atoms with Crippen molar-refractivity contribution in [2.45, 2.75) is 23.9 Å². The largest absolute Gasteiger partial charge is 0.440 e. The lowest BCUT2D eigenvalue weighted by Crippen LogP contribution is -2.40. The fourth-order valence-corrected chi connectivity index (χ4v) is 3.88. The topological polar surface area (TPSA) is 77.1 Å². The van der Waals surface area contributed by atoms with Crippen LogP contribution in [0.3, 0.4) is 0 Å². The molecule has 0 unspecified atom stereocenters. The van der Waals surface area contributed by atoms with Gasteiger partial charge in [0.15, 0.2) is 16.6 Å². The molecule has 1 aliphatic heterocycles.